The molecule has 2 aromatic rings. The van der Waals surface area contributed by atoms with Crippen LogP contribution in [0.3, 0.4) is 0 Å². The number of hydrogen-bond acceptors (Lipinski definition) is 5. The Balaban J connectivity index is 1.45. The number of carbonyl (C=O) groups is 2. The van der Waals surface area contributed by atoms with Gasteiger partial charge < -0.3 is 19.5 Å². The Morgan fingerprint density at radius 1 is 1.10 bits per heavy atom. The standard InChI is InChI=1S/C21H20F3NO5/c1-20(2)10-13-4-3-5-16(19(13)30-20)28-12-18(27)29-11-17(26)25-15-8-6-14(7-9-15)21(22,23)24/h3-9H,10-12H2,1-2H3,(H,25,26). The molecule has 30 heavy (non-hydrogen) atoms. The summed E-state index contributed by atoms with van der Waals surface area (Å²) in [7, 11) is 0. The minimum absolute atomic E-state index is 0.153. The Labute approximate surface area is 170 Å². The topological polar surface area (TPSA) is 73.9 Å². The molecule has 1 aliphatic heterocycles. The Kier molecular flexibility index (Phi) is 5.91. The molecule has 0 spiro atoms. The fraction of sp³-hybridized carbons (Fsp3) is 0.333. The number of hydrogen-bond donors (Lipinski definition) is 1. The number of fused-ring (bicyclic) bond motifs is 1. The lowest BCUT2D eigenvalue weighted by Gasteiger charge is -2.18. The number of esters is 1. The highest BCUT2D eigenvalue weighted by Gasteiger charge is 2.32. The van der Waals surface area contributed by atoms with E-state index in [1.165, 1.54) is 0 Å². The molecule has 0 atom stereocenters. The Hall–Kier alpha value is -3.23. The van der Waals surface area contributed by atoms with Crippen LogP contribution in [0.25, 0.3) is 0 Å². The van der Waals surface area contributed by atoms with Crippen molar-refractivity contribution in [3.63, 3.8) is 0 Å². The minimum atomic E-state index is -4.46. The molecule has 160 valence electrons. The second-order valence-electron chi connectivity index (χ2n) is 7.36. The first-order valence-electron chi connectivity index (χ1n) is 9.10. The van der Waals surface area contributed by atoms with E-state index in [-0.39, 0.29) is 11.3 Å². The van der Waals surface area contributed by atoms with Gasteiger partial charge in [0.25, 0.3) is 5.91 Å². The van der Waals surface area contributed by atoms with Crippen molar-refractivity contribution in [2.24, 2.45) is 0 Å². The van der Waals surface area contributed by atoms with Crippen molar-refractivity contribution in [3.05, 3.63) is 53.6 Å². The van der Waals surface area contributed by atoms with E-state index in [0.717, 1.165) is 29.8 Å². The first kappa shape index (κ1) is 21.5. The first-order chi connectivity index (χ1) is 14.0. The molecule has 0 aliphatic carbocycles. The van der Waals surface area contributed by atoms with Crippen LogP contribution < -0.4 is 14.8 Å². The van der Waals surface area contributed by atoms with Crippen LogP contribution in [0.4, 0.5) is 18.9 Å². The molecule has 9 heteroatoms. The van der Waals surface area contributed by atoms with E-state index in [9.17, 15) is 22.8 Å². The number of para-hydroxylation sites is 1. The molecular weight excluding hydrogens is 403 g/mol. The molecule has 3 rings (SSSR count). The van der Waals surface area contributed by atoms with Gasteiger partial charge in [0.2, 0.25) is 0 Å². The summed E-state index contributed by atoms with van der Waals surface area (Å²) < 4.78 is 53.7. The third-order valence-electron chi connectivity index (χ3n) is 4.26. The maximum Gasteiger partial charge on any atom is 0.416 e. The molecule has 1 aliphatic rings. The predicted molar refractivity (Wildman–Crippen MR) is 101 cm³/mol. The number of carbonyl (C=O) groups excluding carboxylic acids is 2. The highest BCUT2D eigenvalue weighted by molar-refractivity contribution is 5.92. The van der Waals surface area contributed by atoms with Crippen molar-refractivity contribution in [2.45, 2.75) is 32.0 Å². The third kappa shape index (κ3) is 5.43. The summed E-state index contributed by atoms with van der Waals surface area (Å²) in [6.45, 7) is 2.87. The van der Waals surface area contributed by atoms with Crippen LogP contribution in [-0.4, -0.2) is 30.7 Å². The average molecular weight is 423 g/mol. The first-order valence-corrected chi connectivity index (χ1v) is 9.10. The van der Waals surface area contributed by atoms with Crippen LogP contribution in [0.5, 0.6) is 11.5 Å². The molecule has 6 nitrogen and oxygen atoms in total. The summed E-state index contributed by atoms with van der Waals surface area (Å²) in [5.74, 6) is -0.471. The lowest BCUT2D eigenvalue weighted by atomic mass is 10.0. The van der Waals surface area contributed by atoms with Crippen LogP contribution in [0.1, 0.15) is 25.0 Å². The van der Waals surface area contributed by atoms with Crippen molar-refractivity contribution in [3.8, 4) is 11.5 Å². The minimum Gasteiger partial charge on any atom is -0.483 e. The fourth-order valence-corrected chi connectivity index (χ4v) is 2.97. The highest BCUT2D eigenvalue weighted by atomic mass is 19.4. The molecule has 0 saturated carbocycles. The van der Waals surface area contributed by atoms with Gasteiger partial charge in [-0.3, -0.25) is 4.79 Å². The van der Waals surface area contributed by atoms with E-state index in [1.807, 2.05) is 19.9 Å². The van der Waals surface area contributed by atoms with Gasteiger partial charge in [0.05, 0.1) is 5.56 Å². The quantitative estimate of drug-likeness (QED) is 0.712. The van der Waals surface area contributed by atoms with Gasteiger partial charge in [-0.05, 0) is 44.2 Å². The molecule has 0 bridgehead atoms. The number of rotatable bonds is 6. The van der Waals surface area contributed by atoms with Gasteiger partial charge in [-0.25, -0.2) is 4.79 Å². The normalized spacial score (nSPS) is 14.4. The van der Waals surface area contributed by atoms with E-state index in [2.05, 4.69) is 5.32 Å². The number of benzene rings is 2. The molecule has 1 heterocycles. The van der Waals surface area contributed by atoms with Gasteiger partial charge in [-0.15, -0.1) is 0 Å². The van der Waals surface area contributed by atoms with Gasteiger partial charge in [0.1, 0.15) is 5.60 Å². The molecule has 1 N–H and O–H groups in total. The van der Waals surface area contributed by atoms with Gasteiger partial charge in [0, 0.05) is 17.7 Å². The summed E-state index contributed by atoms with van der Waals surface area (Å²) in [5.41, 5.74) is -0.0656. The molecular formula is C21H20F3NO5. The van der Waals surface area contributed by atoms with Crippen molar-refractivity contribution < 1.29 is 37.0 Å². The van der Waals surface area contributed by atoms with Gasteiger partial charge >= 0.3 is 12.1 Å². The van der Waals surface area contributed by atoms with Crippen LogP contribution in [0.15, 0.2) is 42.5 Å². The molecule has 2 aromatic carbocycles. The van der Waals surface area contributed by atoms with Crippen LogP contribution in [0, 0.1) is 0 Å². The number of nitrogens with one attached hydrogen (secondary N) is 1. The van der Waals surface area contributed by atoms with Gasteiger partial charge in [-0.2, -0.15) is 13.2 Å². The SMILES string of the molecule is CC1(C)Cc2cccc(OCC(=O)OCC(=O)Nc3ccc(C(F)(F)F)cc3)c2O1. The van der Waals surface area contributed by atoms with E-state index in [4.69, 9.17) is 14.2 Å². The monoisotopic (exact) mass is 423 g/mol. The number of halogens is 3. The predicted octanol–water partition coefficient (Wildman–Crippen LogP) is 3.98. The number of amides is 1. The summed E-state index contributed by atoms with van der Waals surface area (Å²) in [6.07, 6.45) is -3.74. The van der Waals surface area contributed by atoms with E-state index < -0.39 is 36.8 Å². The summed E-state index contributed by atoms with van der Waals surface area (Å²) in [5, 5.41) is 2.35. The zero-order valence-electron chi connectivity index (χ0n) is 16.3. The summed E-state index contributed by atoms with van der Waals surface area (Å²) in [4.78, 5) is 23.7. The second-order valence-corrected chi connectivity index (χ2v) is 7.36. The Morgan fingerprint density at radius 3 is 2.47 bits per heavy atom. The maximum atomic E-state index is 12.5. The fourth-order valence-electron chi connectivity index (χ4n) is 2.97. The third-order valence-corrected chi connectivity index (χ3v) is 4.26. The van der Waals surface area contributed by atoms with E-state index >= 15 is 0 Å². The van der Waals surface area contributed by atoms with Crippen molar-refractivity contribution in [2.75, 3.05) is 18.5 Å². The molecule has 0 radical (unpaired) electrons. The maximum absolute atomic E-state index is 12.5. The highest BCUT2D eigenvalue weighted by Crippen LogP contribution is 2.41. The van der Waals surface area contributed by atoms with Crippen LogP contribution in [-0.2, 0) is 26.9 Å². The lowest BCUT2D eigenvalue weighted by molar-refractivity contribution is -0.149. The zero-order chi connectivity index (χ0) is 21.9. The number of alkyl halides is 3. The zero-order valence-corrected chi connectivity index (χ0v) is 16.3. The molecule has 0 unspecified atom stereocenters. The van der Waals surface area contributed by atoms with Gasteiger partial charge in [0.15, 0.2) is 24.7 Å². The summed E-state index contributed by atoms with van der Waals surface area (Å²) in [6, 6.07) is 9.30. The summed E-state index contributed by atoms with van der Waals surface area (Å²) >= 11 is 0. The smallest absolute Gasteiger partial charge is 0.416 e. The van der Waals surface area contributed by atoms with Crippen molar-refractivity contribution in [1.82, 2.24) is 0 Å². The molecule has 0 saturated heterocycles. The van der Waals surface area contributed by atoms with E-state index in [1.54, 1.807) is 12.1 Å². The van der Waals surface area contributed by atoms with Crippen LogP contribution in [0.2, 0.25) is 0 Å². The lowest BCUT2D eigenvalue weighted by Crippen LogP contribution is -2.25. The van der Waals surface area contributed by atoms with Crippen molar-refractivity contribution >= 4 is 17.6 Å². The van der Waals surface area contributed by atoms with E-state index in [0.29, 0.717) is 17.9 Å². The molecule has 1 amide bonds. The molecule has 0 fully saturated rings. The molecule has 0 aromatic heterocycles. The largest absolute Gasteiger partial charge is 0.483 e. The van der Waals surface area contributed by atoms with Crippen LogP contribution >= 0.6 is 0 Å². The number of anilines is 1. The van der Waals surface area contributed by atoms with Crippen molar-refractivity contribution in [1.29, 1.82) is 0 Å². The average Bonchev–Trinajstić information content (AvgIpc) is 2.98. The Morgan fingerprint density at radius 2 is 1.80 bits per heavy atom. The second kappa shape index (κ2) is 8.25. The number of ether oxygens (including phenoxy) is 3. The van der Waals surface area contributed by atoms with Gasteiger partial charge in [-0.1, -0.05) is 12.1 Å². The Bertz CT molecular complexity index is 939.